The maximum absolute atomic E-state index is 12.6. The van der Waals surface area contributed by atoms with Gasteiger partial charge in [0.2, 0.25) is 5.91 Å². The lowest BCUT2D eigenvalue weighted by atomic mass is 10.0. The van der Waals surface area contributed by atoms with Crippen LogP contribution in [0.2, 0.25) is 0 Å². The highest BCUT2D eigenvalue weighted by molar-refractivity contribution is 7.07. The van der Waals surface area contributed by atoms with Crippen molar-refractivity contribution in [1.82, 2.24) is 10.6 Å². The van der Waals surface area contributed by atoms with Crippen molar-refractivity contribution in [3.63, 3.8) is 0 Å². The molecule has 0 atom stereocenters. The number of nitrogens with zero attached hydrogens (tertiary/aromatic N) is 2. The molecule has 1 aliphatic heterocycles. The molecule has 2 heterocycles. The lowest BCUT2D eigenvalue weighted by molar-refractivity contribution is -0.117. The molecule has 2 N–H and O–H groups in total. The monoisotopic (exact) mass is 342 g/mol. The number of para-hydroxylation sites is 1. The summed E-state index contributed by atoms with van der Waals surface area (Å²) in [5, 5.41) is 10.5. The number of aliphatic imine (C=N–C) groups is 1. The topological polar surface area (TPSA) is 56.7 Å². The molecule has 5 nitrogen and oxygen atoms in total. The van der Waals surface area contributed by atoms with Crippen LogP contribution in [-0.2, 0) is 17.8 Å². The van der Waals surface area contributed by atoms with Gasteiger partial charge in [0.25, 0.3) is 0 Å². The molecule has 1 aromatic carbocycles. The van der Waals surface area contributed by atoms with E-state index in [0.717, 1.165) is 25.1 Å². The number of thiophene rings is 1. The fraction of sp³-hybridized carbons (Fsp3) is 0.333. The molecule has 6 heteroatoms. The Morgan fingerprint density at radius 1 is 1.29 bits per heavy atom. The molecule has 0 fully saturated rings. The molecule has 0 radical (unpaired) electrons. The third kappa shape index (κ3) is 3.94. The Hall–Kier alpha value is -2.34. The van der Waals surface area contributed by atoms with Gasteiger partial charge in [0.05, 0.1) is 6.54 Å². The van der Waals surface area contributed by atoms with Gasteiger partial charge in [-0.05, 0) is 46.9 Å². The summed E-state index contributed by atoms with van der Waals surface area (Å²) in [6.45, 7) is 1.71. The molecule has 0 unspecified atom stereocenters. The van der Waals surface area contributed by atoms with E-state index in [-0.39, 0.29) is 12.5 Å². The molecule has 0 saturated carbocycles. The fourth-order valence-corrected chi connectivity index (χ4v) is 3.52. The van der Waals surface area contributed by atoms with Crippen molar-refractivity contribution in [2.45, 2.75) is 19.4 Å². The molecule has 1 aromatic heterocycles. The first-order valence-corrected chi connectivity index (χ1v) is 9.06. The third-order valence-electron chi connectivity index (χ3n) is 4.08. The number of hydrogen-bond acceptors (Lipinski definition) is 3. The SMILES string of the molecule is CN=C(NCC(=O)N1CCCc2ccccc21)NCc1ccsc1. The van der Waals surface area contributed by atoms with Crippen LogP contribution in [0.25, 0.3) is 0 Å². The first-order valence-electron chi connectivity index (χ1n) is 8.12. The van der Waals surface area contributed by atoms with Gasteiger partial charge < -0.3 is 15.5 Å². The molecule has 2 aromatic rings. The highest BCUT2D eigenvalue weighted by atomic mass is 32.1. The van der Waals surface area contributed by atoms with Crippen molar-refractivity contribution in [3.05, 3.63) is 52.2 Å². The van der Waals surface area contributed by atoms with Crippen LogP contribution in [0.1, 0.15) is 17.5 Å². The Labute approximate surface area is 146 Å². The van der Waals surface area contributed by atoms with E-state index >= 15 is 0 Å². The Bertz CT molecular complexity index is 712. The summed E-state index contributed by atoms with van der Waals surface area (Å²) < 4.78 is 0. The van der Waals surface area contributed by atoms with Crippen LogP contribution in [0, 0.1) is 0 Å². The maximum atomic E-state index is 12.6. The van der Waals surface area contributed by atoms with Crippen molar-refractivity contribution in [2.75, 3.05) is 25.0 Å². The molecule has 24 heavy (non-hydrogen) atoms. The van der Waals surface area contributed by atoms with Crippen LogP contribution in [0.4, 0.5) is 5.69 Å². The summed E-state index contributed by atoms with van der Waals surface area (Å²) in [6.07, 6.45) is 2.05. The van der Waals surface area contributed by atoms with E-state index in [9.17, 15) is 4.79 Å². The predicted octanol–water partition coefficient (Wildman–Crippen LogP) is 2.39. The van der Waals surface area contributed by atoms with E-state index in [1.165, 1.54) is 11.1 Å². The zero-order valence-electron chi connectivity index (χ0n) is 13.8. The first-order chi connectivity index (χ1) is 11.8. The van der Waals surface area contributed by atoms with Gasteiger partial charge in [-0.15, -0.1) is 0 Å². The third-order valence-corrected chi connectivity index (χ3v) is 4.81. The minimum atomic E-state index is 0.0700. The predicted molar refractivity (Wildman–Crippen MR) is 99.6 cm³/mol. The standard InChI is InChI=1S/C18H22N4OS/c1-19-18(20-11-14-8-10-24-13-14)21-12-17(23)22-9-4-6-15-5-2-3-7-16(15)22/h2-3,5,7-8,10,13H,4,6,9,11-12H2,1H3,(H2,19,20,21). The molecule has 0 spiro atoms. The minimum Gasteiger partial charge on any atom is -0.352 e. The second kappa shape index (κ2) is 7.97. The molecule has 0 bridgehead atoms. The number of carbonyl (C=O) groups is 1. The second-order valence-electron chi connectivity index (χ2n) is 5.69. The lowest BCUT2D eigenvalue weighted by Gasteiger charge is -2.29. The van der Waals surface area contributed by atoms with Gasteiger partial charge in [-0.25, -0.2) is 0 Å². The van der Waals surface area contributed by atoms with Crippen LogP contribution < -0.4 is 15.5 Å². The number of aryl methyl sites for hydroxylation is 1. The molecule has 0 aliphatic carbocycles. The van der Waals surface area contributed by atoms with Crippen LogP contribution in [0.5, 0.6) is 0 Å². The number of amides is 1. The fourth-order valence-electron chi connectivity index (χ4n) is 2.85. The number of benzene rings is 1. The van der Waals surface area contributed by atoms with Crippen LogP contribution in [-0.4, -0.2) is 32.0 Å². The number of fused-ring (bicyclic) bond motifs is 1. The van der Waals surface area contributed by atoms with Gasteiger partial charge in [-0.3, -0.25) is 9.79 Å². The van der Waals surface area contributed by atoms with Crippen LogP contribution in [0.3, 0.4) is 0 Å². The molecule has 3 rings (SSSR count). The number of carbonyl (C=O) groups excluding carboxylic acids is 1. The molecular formula is C18H22N4OS. The van der Waals surface area contributed by atoms with Crippen molar-refractivity contribution in [1.29, 1.82) is 0 Å². The summed E-state index contributed by atoms with van der Waals surface area (Å²) >= 11 is 1.67. The minimum absolute atomic E-state index is 0.0700. The van der Waals surface area contributed by atoms with Gasteiger partial charge in [0.15, 0.2) is 5.96 Å². The maximum Gasteiger partial charge on any atom is 0.246 e. The van der Waals surface area contributed by atoms with E-state index in [4.69, 9.17) is 0 Å². The zero-order valence-corrected chi connectivity index (χ0v) is 14.6. The van der Waals surface area contributed by atoms with Crippen molar-refractivity contribution in [3.8, 4) is 0 Å². The van der Waals surface area contributed by atoms with Gasteiger partial charge in [-0.2, -0.15) is 11.3 Å². The Morgan fingerprint density at radius 2 is 2.17 bits per heavy atom. The van der Waals surface area contributed by atoms with Crippen molar-refractivity contribution < 1.29 is 4.79 Å². The number of guanidine groups is 1. The number of hydrogen-bond donors (Lipinski definition) is 2. The summed E-state index contributed by atoms with van der Waals surface area (Å²) in [6, 6.07) is 10.2. The Morgan fingerprint density at radius 3 is 2.96 bits per heavy atom. The zero-order chi connectivity index (χ0) is 16.8. The summed E-state index contributed by atoms with van der Waals surface area (Å²) in [5.41, 5.74) is 3.49. The van der Waals surface area contributed by atoms with E-state index < -0.39 is 0 Å². The van der Waals surface area contributed by atoms with Crippen LogP contribution >= 0.6 is 11.3 Å². The van der Waals surface area contributed by atoms with Crippen molar-refractivity contribution >= 4 is 28.9 Å². The van der Waals surface area contributed by atoms with Gasteiger partial charge in [0.1, 0.15) is 0 Å². The average molecular weight is 342 g/mol. The highest BCUT2D eigenvalue weighted by Crippen LogP contribution is 2.26. The molecule has 1 aliphatic rings. The summed E-state index contributed by atoms with van der Waals surface area (Å²) in [5.74, 6) is 0.709. The van der Waals surface area contributed by atoms with Gasteiger partial charge in [0, 0.05) is 25.8 Å². The summed E-state index contributed by atoms with van der Waals surface area (Å²) in [7, 11) is 1.71. The van der Waals surface area contributed by atoms with Crippen LogP contribution in [0.15, 0.2) is 46.1 Å². The Kier molecular flexibility index (Phi) is 5.48. The largest absolute Gasteiger partial charge is 0.352 e. The first kappa shape index (κ1) is 16.5. The molecule has 1 amide bonds. The summed E-state index contributed by atoms with van der Waals surface area (Å²) in [4.78, 5) is 18.6. The van der Waals surface area contributed by atoms with Crippen molar-refractivity contribution in [2.24, 2.45) is 4.99 Å². The number of rotatable bonds is 4. The molecule has 126 valence electrons. The van der Waals surface area contributed by atoms with E-state index in [1.54, 1.807) is 18.4 Å². The molecule has 0 saturated heterocycles. The van der Waals surface area contributed by atoms with Gasteiger partial charge >= 0.3 is 0 Å². The molecular weight excluding hydrogens is 320 g/mol. The normalized spacial score (nSPS) is 14.2. The van der Waals surface area contributed by atoms with E-state index in [2.05, 4.69) is 33.1 Å². The van der Waals surface area contributed by atoms with Gasteiger partial charge in [-0.1, -0.05) is 18.2 Å². The smallest absolute Gasteiger partial charge is 0.246 e. The quantitative estimate of drug-likeness (QED) is 0.663. The number of anilines is 1. The number of nitrogens with one attached hydrogen (secondary N) is 2. The van der Waals surface area contributed by atoms with E-state index in [0.29, 0.717) is 12.5 Å². The Balaban J connectivity index is 1.55. The second-order valence-corrected chi connectivity index (χ2v) is 6.47. The van der Waals surface area contributed by atoms with E-state index in [1.807, 2.05) is 28.5 Å². The average Bonchev–Trinajstić information content (AvgIpc) is 3.14. The lowest BCUT2D eigenvalue weighted by Crippen LogP contribution is -2.45. The highest BCUT2D eigenvalue weighted by Gasteiger charge is 2.21.